The third kappa shape index (κ3) is 1.85. The largest absolute Gasteiger partial charge is 0.388 e. The first-order valence-corrected chi connectivity index (χ1v) is 8.26. The molecule has 0 spiro atoms. The van der Waals surface area contributed by atoms with E-state index in [0.29, 0.717) is 17.9 Å². The molecule has 1 aromatic rings. The first-order valence-electron chi connectivity index (χ1n) is 8.26. The molecule has 0 bridgehead atoms. The quantitative estimate of drug-likeness (QED) is 0.822. The predicted octanol–water partition coefficient (Wildman–Crippen LogP) is 3.23. The lowest BCUT2D eigenvalue weighted by Crippen LogP contribution is -2.41. The minimum Gasteiger partial charge on any atom is -0.388 e. The van der Waals surface area contributed by atoms with Gasteiger partial charge in [-0.3, -0.25) is 0 Å². The molecule has 1 aromatic carbocycles. The van der Waals surface area contributed by atoms with Gasteiger partial charge in [-0.15, -0.1) is 0 Å². The number of hydrogen-bond donors (Lipinski definition) is 2. The summed E-state index contributed by atoms with van der Waals surface area (Å²) in [6.45, 7) is 3.49. The topological polar surface area (TPSA) is 32.3 Å². The van der Waals surface area contributed by atoms with E-state index in [2.05, 4.69) is 36.5 Å². The lowest BCUT2D eigenvalue weighted by Gasteiger charge is -2.39. The highest BCUT2D eigenvalue weighted by atomic mass is 16.3. The number of aliphatic hydroxyl groups excluding tert-OH is 1. The molecule has 0 aromatic heterocycles. The molecule has 1 heterocycles. The zero-order valence-corrected chi connectivity index (χ0v) is 12.3. The molecule has 0 amide bonds. The number of hydrogen-bond acceptors (Lipinski definition) is 2. The number of rotatable bonds is 1. The van der Waals surface area contributed by atoms with Gasteiger partial charge < -0.3 is 10.4 Å². The van der Waals surface area contributed by atoms with Gasteiger partial charge in [0, 0.05) is 12.0 Å². The van der Waals surface area contributed by atoms with E-state index in [9.17, 15) is 5.11 Å². The minimum absolute atomic E-state index is 0.278. The Morgan fingerprint density at radius 2 is 1.90 bits per heavy atom. The van der Waals surface area contributed by atoms with Crippen molar-refractivity contribution < 1.29 is 5.11 Å². The lowest BCUT2D eigenvalue weighted by molar-refractivity contribution is 0.0562. The number of nitrogens with one attached hydrogen (secondary N) is 1. The molecule has 4 rings (SSSR count). The second-order valence-electron chi connectivity index (χ2n) is 7.16. The molecule has 1 saturated heterocycles. The molecule has 0 radical (unpaired) electrons. The van der Waals surface area contributed by atoms with Crippen LogP contribution in [0.1, 0.15) is 55.8 Å². The van der Waals surface area contributed by atoms with Crippen molar-refractivity contribution in [2.75, 3.05) is 6.54 Å². The fourth-order valence-electron chi connectivity index (χ4n) is 5.17. The first kappa shape index (κ1) is 12.8. The molecule has 6 atom stereocenters. The molecule has 1 saturated carbocycles. The van der Waals surface area contributed by atoms with Crippen LogP contribution in [0.4, 0.5) is 0 Å². The van der Waals surface area contributed by atoms with E-state index in [4.69, 9.17) is 0 Å². The molecule has 6 unspecified atom stereocenters. The van der Waals surface area contributed by atoms with Crippen LogP contribution in [0.15, 0.2) is 24.3 Å². The van der Waals surface area contributed by atoms with E-state index < -0.39 is 0 Å². The molecular weight excluding hydrogens is 246 g/mol. The standard InChI is InChI=1S/C18H25NO/c1-11-9-16(17-14-8-4-5-12(14)10-19-17)18(20)15-7-3-2-6-13(11)15/h2-3,6-7,11-12,14,16-20H,4-5,8-10H2,1H3. The monoisotopic (exact) mass is 271 g/mol. The summed E-state index contributed by atoms with van der Waals surface area (Å²) in [5.74, 6) is 2.65. The van der Waals surface area contributed by atoms with Gasteiger partial charge in [0.2, 0.25) is 0 Å². The first-order chi connectivity index (χ1) is 9.75. The fraction of sp³-hybridized carbons (Fsp3) is 0.667. The summed E-state index contributed by atoms with van der Waals surface area (Å²) in [6.07, 6.45) is 4.99. The summed E-state index contributed by atoms with van der Waals surface area (Å²) >= 11 is 0. The zero-order valence-electron chi connectivity index (χ0n) is 12.3. The maximum atomic E-state index is 10.9. The highest BCUT2D eigenvalue weighted by molar-refractivity contribution is 5.35. The summed E-state index contributed by atoms with van der Waals surface area (Å²) in [6, 6.07) is 9.03. The molecule has 2 fully saturated rings. The van der Waals surface area contributed by atoms with Crippen molar-refractivity contribution >= 4 is 0 Å². The maximum Gasteiger partial charge on any atom is 0.0836 e. The normalized spacial score (nSPS) is 43.3. The third-order valence-electron chi connectivity index (χ3n) is 6.13. The van der Waals surface area contributed by atoms with Crippen LogP contribution in [0, 0.1) is 17.8 Å². The number of aliphatic hydroxyl groups is 1. The predicted molar refractivity (Wildman–Crippen MR) is 80.5 cm³/mol. The van der Waals surface area contributed by atoms with Gasteiger partial charge >= 0.3 is 0 Å². The molecule has 2 aliphatic carbocycles. The molecule has 1 aliphatic heterocycles. The van der Waals surface area contributed by atoms with Crippen molar-refractivity contribution in [1.29, 1.82) is 0 Å². The Balaban J connectivity index is 1.64. The van der Waals surface area contributed by atoms with E-state index in [1.54, 1.807) is 0 Å². The van der Waals surface area contributed by atoms with Gasteiger partial charge in [-0.1, -0.05) is 37.6 Å². The Morgan fingerprint density at radius 1 is 1.10 bits per heavy atom. The van der Waals surface area contributed by atoms with Crippen LogP contribution in [-0.4, -0.2) is 17.7 Å². The Kier molecular flexibility index (Phi) is 3.12. The summed E-state index contributed by atoms with van der Waals surface area (Å²) in [5, 5.41) is 14.6. The van der Waals surface area contributed by atoms with Crippen LogP contribution in [0.2, 0.25) is 0 Å². The molecule has 2 heteroatoms. The second-order valence-corrected chi connectivity index (χ2v) is 7.16. The van der Waals surface area contributed by atoms with Crippen molar-refractivity contribution in [1.82, 2.24) is 5.32 Å². The fourth-order valence-corrected chi connectivity index (χ4v) is 5.17. The average molecular weight is 271 g/mol. The molecule has 3 aliphatic rings. The van der Waals surface area contributed by atoms with Gasteiger partial charge in [-0.25, -0.2) is 0 Å². The van der Waals surface area contributed by atoms with Gasteiger partial charge in [0.1, 0.15) is 0 Å². The Bertz CT molecular complexity index is 500. The highest BCUT2D eigenvalue weighted by Gasteiger charge is 2.46. The molecule has 2 nitrogen and oxygen atoms in total. The van der Waals surface area contributed by atoms with Crippen LogP contribution in [0.5, 0.6) is 0 Å². The third-order valence-corrected chi connectivity index (χ3v) is 6.13. The van der Waals surface area contributed by atoms with E-state index in [1.807, 2.05) is 0 Å². The van der Waals surface area contributed by atoms with Gasteiger partial charge in [0.15, 0.2) is 0 Å². The van der Waals surface area contributed by atoms with Crippen molar-refractivity contribution in [3.05, 3.63) is 35.4 Å². The molecule has 20 heavy (non-hydrogen) atoms. The summed E-state index contributed by atoms with van der Waals surface area (Å²) in [5.41, 5.74) is 2.54. The van der Waals surface area contributed by atoms with Crippen LogP contribution in [0.25, 0.3) is 0 Å². The summed E-state index contributed by atoms with van der Waals surface area (Å²) in [7, 11) is 0. The van der Waals surface area contributed by atoms with Crippen LogP contribution >= 0.6 is 0 Å². The van der Waals surface area contributed by atoms with Gasteiger partial charge in [-0.05, 0) is 54.7 Å². The van der Waals surface area contributed by atoms with Gasteiger partial charge in [-0.2, -0.15) is 0 Å². The van der Waals surface area contributed by atoms with Crippen LogP contribution < -0.4 is 5.32 Å². The second kappa shape index (κ2) is 4.85. The van der Waals surface area contributed by atoms with Crippen LogP contribution in [0.3, 0.4) is 0 Å². The average Bonchev–Trinajstić information content (AvgIpc) is 3.06. The molecule has 108 valence electrons. The Labute approximate surface area is 121 Å². The van der Waals surface area contributed by atoms with Crippen molar-refractivity contribution in [2.45, 2.75) is 50.7 Å². The van der Waals surface area contributed by atoms with Crippen LogP contribution in [-0.2, 0) is 0 Å². The summed E-state index contributed by atoms with van der Waals surface area (Å²) < 4.78 is 0. The SMILES string of the molecule is CC1CC(C2NCC3CCCC32)C(O)c2ccccc21. The number of benzene rings is 1. The smallest absolute Gasteiger partial charge is 0.0836 e. The Hall–Kier alpha value is -0.860. The molecule has 2 N–H and O–H groups in total. The maximum absolute atomic E-state index is 10.9. The zero-order chi connectivity index (χ0) is 13.7. The van der Waals surface area contributed by atoms with Crippen molar-refractivity contribution in [3.8, 4) is 0 Å². The lowest BCUT2D eigenvalue weighted by atomic mass is 9.70. The van der Waals surface area contributed by atoms with E-state index >= 15 is 0 Å². The van der Waals surface area contributed by atoms with E-state index in [-0.39, 0.29) is 6.10 Å². The van der Waals surface area contributed by atoms with Gasteiger partial charge in [0.05, 0.1) is 6.10 Å². The van der Waals surface area contributed by atoms with Crippen molar-refractivity contribution in [3.63, 3.8) is 0 Å². The minimum atomic E-state index is -0.278. The van der Waals surface area contributed by atoms with Gasteiger partial charge in [0.25, 0.3) is 0 Å². The highest BCUT2D eigenvalue weighted by Crippen LogP contribution is 2.48. The Morgan fingerprint density at radius 3 is 2.75 bits per heavy atom. The summed E-state index contributed by atoms with van der Waals surface area (Å²) in [4.78, 5) is 0. The van der Waals surface area contributed by atoms with E-state index in [1.165, 1.54) is 36.9 Å². The van der Waals surface area contributed by atoms with Crippen molar-refractivity contribution in [2.24, 2.45) is 17.8 Å². The van der Waals surface area contributed by atoms with E-state index in [0.717, 1.165) is 18.3 Å². The number of fused-ring (bicyclic) bond motifs is 2. The molecular formula is C18H25NO.